The van der Waals surface area contributed by atoms with Gasteiger partial charge in [-0.1, -0.05) is 30.4 Å². The Morgan fingerprint density at radius 2 is 2.05 bits per heavy atom. The largest absolute Gasteiger partial charge is 0.438 e. The maximum Gasteiger partial charge on any atom is 0.219 e. The number of aliphatic hydroxyl groups excluding tert-OH is 1. The average molecular weight is 255 g/mol. The van der Waals surface area contributed by atoms with E-state index in [0.717, 1.165) is 22.6 Å². The summed E-state index contributed by atoms with van der Waals surface area (Å²) in [4.78, 5) is 4.32. The zero-order chi connectivity index (χ0) is 13.7. The molecule has 0 radical (unpaired) electrons. The molecular formula is C16H17NO2. The van der Waals surface area contributed by atoms with Crippen molar-refractivity contribution in [1.82, 2.24) is 4.98 Å². The first kappa shape index (κ1) is 13.3. The van der Waals surface area contributed by atoms with Gasteiger partial charge in [0.05, 0.1) is 6.61 Å². The van der Waals surface area contributed by atoms with E-state index in [2.05, 4.69) is 4.98 Å². The first-order chi connectivity index (χ1) is 9.22. The van der Waals surface area contributed by atoms with E-state index in [9.17, 15) is 5.11 Å². The maximum absolute atomic E-state index is 9.20. The molecule has 1 heterocycles. The Hall–Kier alpha value is -2.13. The predicted molar refractivity (Wildman–Crippen MR) is 76.1 cm³/mol. The first-order valence-electron chi connectivity index (χ1n) is 6.21. The number of ether oxygens (including phenoxy) is 1. The van der Waals surface area contributed by atoms with Crippen LogP contribution in [0.4, 0.5) is 0 Å². The topological polar surface area (TPSA) is 42.4 Å². The summed E-state index contributed by atoms with van der Waals surface area (Å²) in [5.74, 6) is 1.25. The first-order valence-corrected chi connectivity index (χ1v) is 6.21. The molecule has 0 unspecified atom stereocenters. The van der Waals surface area contributed by atoms with Crippen LogP contribution >= 0.6 is 0 Å². The Morgan fingerprint density at radius 3 is 2.79 bits per heavy atom. The number of aryl methyl sites for hydroxylation is 1. The van der Waals surface area contributed by atoms with Crippen LogP contribution in [-0.2, 0) is 6.61 Å². The lowest BCUT2D eigenvalue weighted by Gasteiger charge is -2.09. The van der Waals surface area contributed by atoms with Gasteiger partial charge in [-0.3, -0.25) is 0 Å². The second-order valence-corrected chi connectivity index (χ2v) is 4.25. The zero-order valence-electron chi connectivity index (χ0n) is 11.1. The number of para-hydroxylation sites is 1. The van der Waals surface area contributed by atoms with Gasteiger partial charge in [-0.2, -0.15) is 0 Å². The molecule has 0 aliphatic carbocycles. The molecule has 0 atom stereocenters. The predicted octanol–water partition coefficient (Wildman–Crippen LogP) is 3.71. The van der Waals surface area contributed by atoms with Crippen LogP contribution in [0, 0.1) is 6.92 Å². The van der Waals surface area contributed by atoms with Crippen molar-refractivity contribution in [2.24, 2.45) is 0 Å². The summed E-state index contributed by atoms with van der Waals surface area (Å²) < 4.78 is 5.81. The molecule has 2 aromatic rings. The fourth-order valence-electron chi connectivity index (χ4n) is 1.85. The summed E-state index contributed by atoms with van der Waals surface area (Å²) in [7, 11) is 0. The van der Waals surface area contributed by atoms with Crippen molar-refractivity contribution in [3.05, 3.63) is 59.3 Å². The Morgan fingerprint density at radius 1 is 1.26 bits per heavy atom. The van der Waals surface area contributed by atoms with Gasteiger partial charge in [-0.05, 0) is 31.5 Å². The van der Waals surface area contributed by atoms with Gasteiger partial charge in [0.1, 0.15) is 5.75 Å². The number of aliphatic hydroxyl groups is 1. The standard InChI is InChI=1S/C16H17NO2/c1-3-6-14-7-4-5-8-15(14)19-16-10-13(11-18)9-12(2)17-16/h3-10,18H,11H2,1-2H3/b6-3+. The summed E-state index contributed by atoms with van der Waals surface area (Å²) >= 11 is 0. The van der Waals surface area contributed by atoms with Crippen LogP contribution in [-0.4, -0.2) is 10.1 Å². The van der Waals surface area contributed by atoms with Gasteiger partial charge in [-0.25, -0.2) is 4.98 Å². The van der Waals surface area contributed by atoms with Crippen molar-refractivity contribution in [2.45, 2.75) is 20.5 Å². The van der Waals surface area contributed by atoms with E-state index in [1.807, 2.05) is 56.3 Å². The van der Waals surface area contributed by atoms with Crippen LogP contribution in [0.25, 0.3) is 6.08 Å². The molecule has 0 amide bonds. The van der Waals surface area contributed by atoms with Crippen LogP contribution in [0.1, 0.15) is 23.7 Å². The SMILES string of the molecule is C/C=C/c1ccccc1Oc1cc(CO)cc(C)n1. The van der Waals surface area contributed by atoms with Crippen LogP contribution in [0.5, 0.6) is 11.6 Å². The molecule has 3 nitrogen and oxygen atoms in total. The molecule has 98 valence electrons. The van der Waals surface area contributed by atoms with Crippen molar-refractivity contribution >= 4 is 6.08 Å². The molecule has 0 bridgehead atoms. The van der Waals surface area contributed by atoms with Crippen LogP contribution < -0.4 is 4.74 Å². The minimum atomic E-state index is -0.0176. The Bertz CT molecular complexity index is 591. The van der Waals surface area contributed by atoms with E-state index in [1.165, 1.54) is 0 Å². The van der Waals surface area contributed by atoms with E-state index in [-0.39, 0.29) is 6.61 Å². The van der Waals surface area contributed by atoms with Gasteiger partial charge in [0.15, 0.2) is 0 Å². The molecular weight excluding hydrogens is 238 g/mol. The Balaban J connectivity index is 2.33. The highest BCUT2D eigenvalue weighted by Crippen LogP contribution is 2.25. The summed E-state index contributed by atoms with van der Waals surface area (Å²) in [5, 5.41) is 9.20. The highest BCUT2D eigenvalue weighted by atomic mass is 16.5. The maximum atomic E-state index is 9.20. The fourth-order valence-corrected chi connectivity index (χ4v) is 1.85. The third-order valence-electron chi connectivity index (χ3n) is 2.65. The van der Waals surface area contributed by atoms with E-state index < -0.39 is 0 Å². The molecule has 1 aromatic heterocycles. The second-order valence-electron chi connectivity index (χ2n) is 4.25. The fraction of sp³-hybridized carbons (Fsp3) is 0.188. The number of hydrogen-bond acceptors (Lipinski definition) is 3. The van der Waals surface area contributed by atoms with Gasteiger partial charge in [0, 0.05) is 17.3 Å². The summed E-state index contributed by atoms with van der Waals surface area (Å²) in [6.45, 7) is 3.83. The van der Waals surface area contributed by atoms with Crippen LogP contribution in [0.2, 0.25) is 0 Å². The van der Waals surface area contributed by atoms with Gasteiger partial charge in [0.25, 0.3) is 0 Å². The number of hydrogen-bond donors (Lipinski definition) is 1. The molecule has 0 aliphatic heterocycles. The normalized spacial score (nSPS) is 10.9. The molecule has 0 saturated carbocycles. The molecule has 0 saturated heterocycles. The van der Waals surface area contributed by atoms with Crippen LogP contribution in [0.15, 0.2) is 42.5 Å². The summed E-state index contributed by atoms with van der Waals surface area (Å²) in [5.41, 5.74) is 2.62. The Labute approximate surface area is 113 Å². The Kier molecular flexibility index (Phi) is 4.31. The van der Waals surface area contributed by atoms with E-state index in [0.29, 0.717) is 5.88 Å². The second kappa shape index (κ2) is 6.16. The van der Waals surface area contributed by atoms with Crippen molar-refractivity contribution in [3.63, 3.8) is 0 Å². The molecule has 19 heavy (non-hydrogen) atoms. The third kappa shape index (κ3) is 3.42. The lowest BCUT2D eigenvalue weighted by atomic mass is 10.2. The quantitative estimate of drug-likeness (QED) is 0.905. The van der Waals surface area contributed by atoms with E-state index in [4.69, 9.17) is 4.74 Å². The van der Waals surface area contributed by atoms with Crippen molar-refractivity contribution in [3.8, 4) is 11.6 Å². The van der Waals surface area contributed by atoms with Crippen molar-refractivity contribution < 1.29 is 9.84 Å². The number of pyridine rings is 1. The lowest BCUT2D eigenvalue weighted by molar-refractivity contribution is 0.281. The average Bonchev–Trinajstić information content (AvgIpc) is 2.40. The minimum absolute atomic E-state index is 0.0176. The number of nitrogens with zero attached hydrogens (tertiary/aromatic N) is 1. The van der Waals surface area contributed by atoms with Crippen LogP contribution in [0.3, 0.4) is 0 Å². The van der Waals surface area contributed by atoms with E-state index in [1.54, 1.807) is 6.07 Å². The number of rotatable bonds is 4. The summed E-state index contributed by atoms with van der Waals surface area (Å²) in [6, 6.07) is 11.4. The zero-order valence-corrected chi connectivity index (χ0v) is 11.1. The molecule has 1 aromatic carbocycles. The molecule has 0 spiro atoms. The number of allylic oxidation sites excluding steroid dienone is 1. The highest BCUT2D eigenvalue weighted by Gasteiger charge is 2.05. The van der Waals surface area contributed by atoms with Crippen molar-refractivity contribution in [1.29, 1.82) is 0 Å². The molecule has 3 heteroatoms. The monoisotopic (exact) mass is 255 g/mol. The lowest BCUT2D eigenvalue weighted by Crippen LogP contribution is -1.94. The van der Waals surface area contributed by atoms with Gasteiger partial charge >= 0.3 is 0 Å². The smallest absolute Gasteiger partial charge is 0.219 e. The van der Waals surface area contributed by atoms with Gasteiger partial charge in [0.2, 0.25) is 5.88 Å². The van der Waals surface area contributed by atoms with E-state index >= 15 is 0 Å². The van der Waals surface area contributed by atoms with Gasteiger partial charge in [-0.15, -0.1) is 0 Å². The van der Waals surface area contributed by atoms with Gasteiger partial charge < -0.3 is 9.84 Å². The third-order valence-corrected chi connectivity index (χ3v) is 2.65. The number of aromatic nitrogens is 1. The molecule has 0 aliphatic rings. The molecule has 0 fully saturated rings. The summed E-state index contributed by atoms with van der Waals surface area (Å²) in [6.07, 6.45) is 3.95. The number of benzene rings is 1. The molecule has 2 rings (SSSR count). The highest BCUT2D eigenvalue weighted by molar-refractivity contribution is 5.57. The van der Waals surface area contributed by atoms with Crippen molar-refractivity contribution in [2.75, 3.05) is 0 Å². The minimum Gasteiger partial charge on any atom is -0.438 e. The molecule has 1 N–H and O–H groups in total.